The molecule has 0 unspecified atom stereocenters. The molecule has 2 aromatic heterocycles. The van der Waals surface area contributed by atoms with Gasteiger partial charge in [-0.05, 0) is 67.8 Å². The van der Waals surface area contributed by atoms with E-state index in [-0.39, 0.29) is 0 Å². The van der Waals surface area contributed by atoms with Gasteiger partial charge in [-0.25, -0.2) is 0 Å². The normalized spacial score (nSPS) is 14.4. The first-order valence-corrected chi connectivity index (χ1v) is 11.7. The molecule has 0 aliphatic carbocycles. The van der Waals surface area contributed by atoms with Crippen LogP contribution in [-0.2, 0) is 0 Å². The minimum atomic E-state index is 0.693. The SMILES string of the molecule is Cc1ccc2c(OCCN3CCC(=Cc4cccc(-c5ccccn5)c4)CC3)cccc2n1. The number of fused-ring (bicyclic) bond motifs is 1. The molecule has 4 heteroatoms. The van der Waals surface area contributed by atoms with Gasteiger partial charge in [0.15, 0.2) is 0 Å². The van der Waals surface area contributed by atoms with Gasteiger partial charge in [-0.3, -0.25) is 14.9 Å². The van der Waals surface area contributed by atoms with Crippen molar-refractivity contribution in [2.45, 2.75) is 19.8 Å². The smallest absolute Gasteiger partial charge is 0.128 e. The predicted octanol–water partition coefficient (Wildman–Crippen LogP) is 6.16. The first kappa shape index (κ1) is 21.4. The zero-order valence-corrected chi connectivity index (χ0v) is 19.1. The number of aromatic nitrogens is 2. The van der Waals surface area contributed by atoms with Gasteiger partial charge >= 0.3 is 0 Å². The highest BCUT2D eigenvalue weighted by Crippen LogP contribution is 2.25. The number of piperidine rings is 1. The van der Waals surface area contributed by atoms with Crippen LogP contribution in [0.2, 0.25) is 0 Å². The maximum Gasteiger partial charge on any atom is 0.128 e. The largest absolute Gasteiger partial charge is 0.492 e. The molecule has 1 fully saturated rings. The molecule has 4 aromatic rings. The fourth-order valence-electron chi connectivity index (χ4n) is 4.40. The summed E-state index contributed by atoms with van der Waals surface area (Å²) in [6.07, 6.45) is 6.40. The minimum absolute atomic E-state index is 0.693. The highest BCUT2D eigenvalue weighted by atomic mass is 16.5. The van der Waals surface area contributed by atoms with Gasteiger partial charge in [-0.1, -0.05) is 42.0 Å². The monoisotopic (exact) mass is 435 g/mol. The molecule has 0 atom stereocenters. The van der Waals surface area contributed by atoms with Crippen LogP contribution in [0.15, 0.2) is 84.6 Å². The molecular weight excluding hydrogens is 406 g/mol. The number of pyridine rings is 2. The molecule has 0 bridgehead atoms. The molecule has 0 spiro atoms. The summed E-state index contributed by atoms with van der Waals surface area (Å²) >= 11 is 0. The van der Waals surface area contributed by atoms with E-state index in [0.717, 1.165) is 60.5 Å². The lowest BCUT2D eigenvalue weighted by atomic mass is 9.99. The second-order valence-electron chi connectivity index (χ2n) is 8.61. The summed E-state index contributed by atoms with van der Waals surface area (Å²) in [6.45, 7) is 5.80. The molecule has 0 N–H and O–H groups in total. The highest BCUT2D eigenvalue weighted by Gasteiger charge is 2.14. The van der Waals surface area contributed by atoms with E-state index in [0.29, 0.717) is 6.61 Å². The zero-order chi connectivity index (χ0) is 22.5. The minimum Gasteiger partial charge on any atom is -0.492 e. The zero-order valence-electron chi connectivity index (χ0n) is 19.1. The van der Waals surface area contributed by atoms with Gasteiger partial charge in [0.05, 0.1) is 11.2 Å². The van der Waals surface area contributed by atoms with Gasteiger partial charge < -0.3 is 4.74 Å². The van der Waals surface area contributed by atoms with Gasteiger partial charge in [-0.2, -0.15) is 0 Å². The van der Waals surface area contributed by atoms with Crippen LogP contribution in [-0.4, -0.2) is 41.1 Å². The summed E-state index contributed by atoms with van der Waals surface area (Å²) in [5.41, 5.74) is 6.97. The fourth-order valence-corrected chi connectivity index (χ4v) is 4.40. The Balaban J connectivity index is 1.15. The van der Waals surface area contributed by atoms with E-state index in [1.165, 1.54) is 16.7 Å². The fraction of sp³-hybridized carbons (Fsp3) is 0.241. The Kier molecular flexibility index (Phi) is 6.45. The quantitative estimate of drug-likeness (QED) is 0.363. The van der Waals surface area contributed by atoms with E-state index < -0.39 is 0 Å². The summed E-state index contributed by atoms with van der Waals surface area (Å²) in [7, 11) is 0. The van der Waals surface area contributed by atoms with Crippen molar-refractivity contribution in [2.24, 2.45) is 0 Å². The second kappa shape index (κ2) is 9.97. The third-order valence-corrected chi connectivity index (χ3v) is 6.21. The average Bonchev–Trinajstić information content (AvgIpc) is 2.86. The molecule has 1 saturated heterocycles. The van der Waals surface area contributed by atoms with E-state index in [1.807, 2.05) is 49.5 Å². The second-order valence-corrected chi connectivity index (χ2v) is 8.61. The molecule has 0 radical (unpaired) electrons. The van der Waals surface area contributed by atoms with E-state index in [2.05, 4.69) is 57.3 Å². The van der Waals surface area contributed by atoms with Gasteiger partial charge in [0, 0.05) is 42.5 Å². The number of nitrogens with zero attached hydrogens (tertiary/aromatic N) is 3. The van der Waals surface area contributed by atoms with Crippen molar-refractivity contribution in [1.29, 1.82) is 0 Å². The topological polar surface area (TPSA) is 38.2 Å². The van der Waals surface area contributed by atoms with Crippen LogP contribution in [0, 0.1) is 6.92 Å². The Morgan fingerprint density at radius 2 is 1.82 bits per heavy atom. The standard InChI is InChI=1S/C29H29N3O/c1-22-11-12-26-28(31-22)9-5-10-29(26)33-19-18-32-16-13-23(14-17-32)20-24-6-4-7-25(21-24)27-8-2-3-15-30-27/h2-12,15,20-21H,13-14,16-19H2,1H3. The summed E-state index contributed by atoms with van der Waals surface area (Å²) in [5.74, 6) is 0.922. The Bertz CT molecular complexity index is 1260. The number of rotatable bonds is 6. The molecular formula is C29H29N3O. The van der Waals surface area contributed by atoms with Gasteiger partial charge in [-0.15, -0.1) is 0 Å². The molecule has 0 amide bonds. The third kappa shape index (κ3) is 5.29. The van der Waals surface area contributed by atoms with E-state index >= 15 is 0 Å². The highest BCUT2D eigenvalue weighted by molar-refractivity contribution is 5.85. The average molecular weight is 436 g/mol. The van der Waals surface area contributed by atoms with Crippen LogP contribution in [0.3, 0.4) is 0 Å². The maximum atomic E-state index is 6.14. The Morgan fingerprint density at radius 3 is 2.67 bits per heavy atom. The molecule has 1 aliphatic heterocycles. The number of ether oxygens (including phenoxy) is 1. The van der Waals surface area contributed by atoms with Crippen molar-refractivity contribution in [2.75, 3.05) is 26.2 Å². The Hall–Kier alpha value is -3.50. The lowest BCUT2D eigenvalue weighted by Crippen LogP contribution is -2.34. The first-order valence-electron chi connectivity index (χ1n) is 11.7. The molecule has 5 rings (SSSR count). The van der Waals surface area contributed by atoms with Crippen molar-refractivity contribution in [1.82, 2.24) is 14.9 Å². The molecule has 3 heterocycles. The summed E-state index contributed by atoms with van der Waals surface area (Å²) in [4.78, 5) is 11.6. The van der Waals surface area contributed by atoms with Crippen molar-refractivity contribution in [3.05, 3.63) is 95.8 Å². The lowest BCUT2D eigenvalue weighted by Gasteiger charge is -2.28. The Labute approximate surface area is 195 Å². The van der Waals surface area contributed by atoms with Crippen LogP contribution < -0.4 is 4.74 Å². The molecule has 0 saturated carbocycles. The molecule has 4 nitrogen and oxygen atoms in total. The lowest BCUT2D eigenvalue weighted by molar-refractivity contribution is 0.200. The van der Waals surface area contributed by atoms with Crippen LogP contribution in [0.1, 0.15) is 24.1 Å². The molecule has 166 valence electrons. The van der Waals surface area contributed by atoms with Gasteiger partial charge in [0.25, 0.3) is 0 Å². The van der Waals surface area contributed by atoms with Gasteiger partial charge in [0.2, 0.25) is 0 Å². The number of benzene rings is 2. The third-order valence-electron chi connectivity index (χ3n) is 6.21. The number of likely N-dealkylation sites (tertiary alicyclic amines) is 1. The van der Waals surface area contributed by atoms with Crippen LogP contribution in [0.5, 0.6) is 5.75 Å². The summed E-state index contributed by atoms with van der Waals surface area (Å²) < 4.78 is 6.14. The molecule has 33 heavy (non-hydrogen) atoms. The maximum absolute atomic E-state index is 6.14. The summed E-state index contributed by atoms with van der Waals surface area (Å²) in [5, 5.41) is 1.08. The van der Waals surface area contributed by atoms with Crippen molar-refractivity contribution >= 4 is 17.0 Å². The number of aryl methyl sites for hydroxylation is 1. The van der Waals surface area contributed by atoms with E-state index in [9.17, 15) is 0 Å². The number of hydrogen-bond acceptors (Lipinski definition) is 4. The van der Waals surface area contributed by atoms with E-state index in [1.54, 1.807) is 0 Å². The predicted molar refractivity (Wildman–Crippen MR) is 135 cm³/mol. The Morgan fingerprint density at radius 1 is 0.939 bits per heavy atom. The first-order chi connectivity index (χ1) is 16.2. The van der Waals surface area contributed by atoms with Crippen LogP contribution in [0.4, 0.5) is 0 Å². The summed E-state index contributed by atoms with van der Waals surface area (Å²) in [6, 6.07) is 24.9. The van der Waals surface area contributed by atoms with E-state index in [4.69, 9.17) is 4.74 Å². The molecule has 2 aromatic carbocycles. The van der Waals surface area contributed by atoms with Gasteiger partial charge in [0.1, 0.15) is 12.4 Å². The van der Waals surface area contributed by atoms with Crippen LogP contribution >= 0.6 is 0 Å². The van der Waals surface area contributed by atoms with Crippen molar-refractivity contribution in [3.63, 3.8) is 0 Å². The molecule has 1 aliphatic rings. The van der Waals surface area contributed by atoms with Crippen molar-refractivity contribution in [3.8, 4) is 17.0 Å². The number of hydrogen-bond donors (Lipinski definition) is 0. The van der Waals surface area contributed by atoms with Crippen molar-refractivity contribution < 1.29 is 4.74 Å². The van der Waals surface area contributed by atoms with Crippen LogP contribution in [0.25, 0.3) is 28.2 Å².